The molecule has 0 bridgehead atoms. The van der Waals surface area contributed by atoms with Crippen LogP contribution in [0, 0.1) is 5.82 Å². The van der Waals surface area contributed by atoms with Gasteiger partial charge in [0, 0.05) is 9.58 Å². The molecule has 0 fully saturated rings. The molecule has 0 amide bonds. The first-order chi connectivity index (χ1) is 10.1. The van der Waals surface area contributed by atoms with Crippen LogP contribution in [0.1, 0.15) is 16.5 Å². The summed E-state index contributed by atoms with van der Waals surface area (Å²) < 4.78 is 19.4. The van der Waals surface area contributed by atoms with E-state index in [0.717, 1.165) is 20.5 Å². The zero-order valence-corrected chi connectivity index (χ0v) is 12.8. The molecule has 0 spiro atoms. The molecule has 0 saturated heterocycles. The van der Waals surface area contributed by atoms with Crippen molar-refractivity contribution in [1.29, 1.82) is 0 Å². The monoisotopic (exact) mass is 321 g/mol. The second-order valence-electron chi connectivity index (χ2n) is 4.70. The van der Waals surface area contributed by atoms with E-state index < -0.39 is 0 Å². The standard InChI is InChI=1S/C16H13ClFNOS/c1-20-13-6-10(3-5-12(13)17)16(19)15-7-9-2-4-11(18)8-14(9)21-15/h2-8,16H,19H2,1H3. The number of ether oxygens (including phenoxy) is 1. The van der Waals surface area contributed by atoms with Gasteiger partial charge in [-0.1, -0.05) is 23.7 Å². The molecule has 0 aliphatic rings. The molecule has 2 aromatic carbocycles. The van der Waals surface area contributed by atoms with Gasteiger partial charge in [-0.3, -0.25) is 0 Å². The Balaban J connectivity index is 2.01. The molecule has 0 aliphatic heterocycles. The van der Waals surface area contributed by atoms with Crippen molar-refractivity contribution in [2.75, 3.05) is 7.11 Å². The Morgan fingerprint density at radius 3 is 2.76 bits per heavy atom. The summed E-state index contributed by atoms with van der Waals surface area (Å²) in [6.45, 7) is 0. The molecule has 3 rings (SSSR count). The molecule has 5 heteroatoms. The molecule has 1 heterocycles. The third-order valence-electron chi connectivity index (χ3n) is 3.34. The molecule has 108 valence electrons. The zero-order chi connectivity index (χ0) is 15.0. The molecular weight excluding hydrogens is 309 g/mol. The van der Waals surface area contributed by atoms with Gasteiger partial charge >= 0.3 is 0 Å². The highest BCUT2D eigenvalue weighted by Crippen LogP contribution is 2.34. The van der Waals surface area contributed by atoms with Crippen molar-refractivity contribution in [3.63, 3.8) is 0 Å². The summed E-state index contributed by atoms with van der Waals surface area (Å²) in [5.41, 5.74) is 7.22. The maximum Gasteiger partial charge on any atom is 0.137 e. The number of methoxy groups -OCH3 is 1. The van der Waals surface area contributed by atoms with Crippen LogP contribution in [0.25, 0.3) is 10.1 Å². The van der Waals surface area contributed by atoms with Crippen molar-refractivity contribution >= 4 is 33.0 Å². The first kappa shape index (κ1) is 14.3. The van der Waals surface area contributed by atoms with Crippen molar-refractivity contribution in [3.8, 4) is 5.75 Å². The predicted molar refractivity (Wildman–Crippen MR) is 85.8 cm³/mol. The minimum atomic E-state index is -0.295. The van der Waals surface area contributed by atoms with Gasteiger partial charge in [-0.05, 0) is 41.3 Å². The summed E-state index contributed by atoms with van der Waals surface area (Å²) in [7, 11) is 1.57. The Labute approximate surface area is 130 Å². The van der Waals surface area contributed by atoms with Gasteiger partial charge in [0.1, 0.15) is 11.6 Å². The summed E-state index contributed by atoms with van der Waals surface area (Å²) in [6.07, 6.45) is 0. The summed E-state index contributed by atoms with van der Waals surface area (Å²) in [4.78, 5) is 0.972. The number of rotatable bonds is 3. The second kappa shape index (κ2) is 5.64. The van der Waals surface area contributed by atoms with Crippen LogP contribution in [0.2, 0.25) is 5.02 Å². The van der Waals surface area contributed by atoms with Crippen molar-refractivity contribution < 1.29 is 9.13 Å². The molecule has 21 heavy (non-hydrogen) atoms. The van der Waals surface area contributed by atoms with E-state index in [0.29, 0.717) is 10.8 Å². The average Bonchev–Trinajstić information content (AvgIpc) is 2.90. The van der Waals surface area contributed by atoms with Crippen LogP contribution in [-0.4, -0.2) is 7.11 Å². The van der Waals surface area contributed by atoms with Gasteiger partial charge < -0.3 is 10.5 Å². The minimum Gasteiger partial charge on any atom is -0.495 e. The summed E-state index contributed by atoms with van der Waals surface area (Å²) >= 11 is 7.52. The van der Waals surface area contributed by atoms with E-state index in [4.69, 9.17) is 22.1 Å². The Bertz CT molecular complexity index is 802. The van der Waals surface area contributed by atoms with Gasteiger partial charge in [0.2, 0.25) is 0 Å². The van der Waals surface area contributed by atoms with E-state index in [2.05, 4.69) is 0 Å². The fraction of sp³-hybridized carbons (Fsp3) is 0.125. The van der Waals surface area contributed by atoms with Crippen LogP contribution in [0.3, 0.4) is 0 Å². The molecule has 0 aliphatic carbocycles. The fourth-order valence-electron chi connectivity index (χ4n) is 2.21. The predicted octanol–water partition coefficient (Wildman–Crippen LogP) is 4.75. The number of halogens is 2. The molecule has 2 nitrogen and oxygen atoms in total. The fourth-order valence-corrected chi connectivity index (χ4v) is 3.53. The number of hydrogen-bond acceptors (Lipinski definition) is 3. The zero-order valence-electron chi connectivity index (χ0n) is 11.3. The third-order valence-corrected chi connectivity index (χ3v) is 4.84. The van der Waals surface area contributed by atoms with Gasteiger partial charge in [-0.25, -0.2) is 4.39 Å². The second-order valence-corrected chi connectivity index (χ2v) is 6.23. The lowest BCUT2D eigenvalue weighted by molar-refractivity contribution is 0.414. The highest BCUT2D eigenvalue weighted by atomic mass is 35.5. The van der Waals surface area contributed by atoms with Crippen LogP contribution < -0.4 is 10.5 Å². The quantitative estimate of drug-likeness (QED) is 0.755. The normalized spacial score (nSPS) is 12.6. The van der Waals surface area contributed by atoms with E-state index in [9.17, 15) is 4.39 Å². The van der Waals surface area contributed by atoms with Crippen molar-refractivity contribution in [2.45, 2.75) is 6.04 Å². The Hall–Kier alpha value is -1.62. The number of hydrogen-bond donors (Lipinski definition) is 1. The van der Waals surface area contributed by atoms with Gasteiger partial charge in [-0.2, -0.15) is 0 Å². The van der Waals surface area contributed by atoms with Crippen LogP contribution in [0.15, 0.2) is 42.5 Å². The lowest BCUT2D eigenvalue weighted by Crippen LogP contribution is -2.10. The molecule has 3 aromatic rings. The smallest absolute Gasteiger partial charge is 0.137 e. The molecule has 1 atom stereocenters. The van der Waals surface area contributed by atoms with E-state index >= 15 is 0 Å². The van der Waals surface area contributed by atoms with Crippen LogP contribution in [0.4, 0.5) is 4.39 Å². The SMILES string of the molecule is COc1cc(C(N)c2cc3ccc(F)cc3s2)ccc1Cl. The van der Waals surface area contributed by atoms with Crippen LogP contribution >= 0.6 is 22.9 Å². The lowest BCUT2D eigenvalue weighted by Gasteiger charge is -2.12. The van der Waals surface area contributed by atoms with E-state index in [1.807, 2.05) is 18.2 Å². The number of fused-ring (bicyclic) bond motifs is 1. The summed E-state index contributed by atoms with van der Waals surface area (Å²) in [5.74, 6) is 0.356. The van der Waals surface area contributed by atoms with E-state index in [1.165, 1.54) is 23.5 Å². The molecule has 1 aromatic heterocycles. The first-order valence-electron chi connectivity index (χ1n) is 6.36. The Kier molecular flexibility index (Phi) is 3.85. The Morgan fingerprint density at radius 1 is 1.19 bits per heavy atom. The third kappa shape index (κ3) is 2.75. The summed E-state index contributed by atoms with van der Waals surface area (Å²) in [5, 5.41) is 1.54. The largest absolute Gasteiger partial charge is 0.495 e. The lowest BCUT2D eigenvalue weighted by atomic mass is 10.1. The number of nitrogens with two attached hydrogens (primary N) is 1. The topological polar surface area (TPSA) is 35.2 Å². The van der Waals surface area contributed by atoms with Gasteiger partial charge in [0.05, 0.1) is 18.2 Å². The molecule has 1 unspecified atom stereocenters. The number of benzene rings is 2. The average molecular weight is 322 g/mol. The van der Waals surface area contributed by atoms with Gasteiger partial charge in [-0.15, -0.1) is 11.3 Å². The first-order valence-corrected chi connectivity index (χ1v) is 7.56. The maximum atomic E-state index is 13.3. The number of thiophene rings is 1. The molecule has 2 N–H and O–H groups in total. The summed E-state index contributed by atoms with van der Waals surface area (Å²) in [6, 6.07) is 11.9. The molecule has 0 radical (unpaired) electrons. The van der Waals surface area contributed by atoms with Crippen molar-refractivity contribution in [2.24, 2.45) is 5.73 Å². The molecular formula is C16H13ClFNOS. The van der Waals surface area contributed by atoms with Crippen molar-refractivity contribution in [1.82, 2.24) is 0 Å². The van der Waals surface area contributed by atoms with Gasteiger partial charge in [0.15, 0.2) is 0 Å². The minimum absolute atomic E-state index is 0.238. The van der Waals surface area contributed by atoms with Crippen LogP contribution in [0.5, 0.6) is 5.75 Å². The van der Waals surface area contributed by atoms with E-state index in [1.54, 1.807) is 19.2 Å². The van der Waals surface area contributed by atoms with E-state index in [-0.39, 0.29) is 11.9 Å². The van der Waals surface area contributed by atoms with Gasteiger partial charge in [0.25, 0.3) is 0 Å². The highest BCUT2D eigenvalue weighted by Gasteiger charge is 2.14. The molecule has 0 saturated carbocycles. The van der Waals surface area contributed by atoms with Crippen molar-refractivity contribution in [3.05, 3.63) is 63.7 Å². The maximum absolute atomic E-state index is 13.3. The highest BCUT2D eigenvalue weighted by molar-refractivity contribution is 7.19. The van der Waals surface area contributed by atoms with Crippen LogP contribution in [-0.2, 0) is 0 Å². The Morgan fingerprint density at radius 2 is 2.00 bits per heavy atom.